The van der Waals surface area contributed by atoms with Crippen LogP contribution in [0.2, 0.25) is 10.0 Å². The van der Waals surface area contributed by atoms with Gasteiger partial charge in [-0.2, -0.15) is 4.98 Å². The van der Waals surface area contributed by atoms with E-state index in [1.165, 1.54) is 23.1 Å². The van der Waals surface area contributed by atoms with Gasteiger partial charge in [-0.1, -0.05) is 46.8 Å². The smallest absolute Gasteiger partial charge is 0.449 e. The number of aliphatic hydroxyl groups is 1. The van der Waals surface area contributed by atoms with Crippen molar-refractivity contribution in [2.75, 3.05) is 5.75 Å². The maximum atomic E-state index is 10.5. The van der Waals surface area contributed by atoms with Crippen molar-refractivity contribution >= 4 is 64.1 Å². The molecule has 1 fully saturated rings. The summed E-state index contributed by atoms with van der Waals surface area (Å²) in [6.07, 6.45) is -0.759. The van der Waals surface area contributed by atoms with Gasteiger partial charge in [-0.25, -0.2) is 4.79 Å². The highest BCUT2D eigenvalue weighted by atomic mass is 35.5. The Balaban J connectivity index is 1.62. The van der Waals surface area contributed by atoms with Crippen LogP contribution < -0.4 is 4.74 Å². The van der Waals surface area contributed by atoms with Crippen molar-refractivity contribution in [3.8, 4) is 17.7 Å². The fourth-order valence-corrected chi connectivity index (χ4v) is 5.97. The van der Waals surface area contributed by atoms with Crippen molar-refractivity contribution in [3.63, 3.8) is 0 Å². The molecule has 0 saturated heterocycles. The number of carboxylic acid groups (broad SMARTS) is 1. The molecule has 5 nitrogen and oxygen atoms in total. The van der Waals surface area contributed by atoms with Gasteiger partial charge in [0.2, 0.25) is 5.88 Å². The molecule has 1 aromatic heterocycles. The van der Waals surface area contributed by atoms with Gasteiger partial charge in [0.15, 0.2) is 4.34 Å². The number of carbonyl (C=O) groups is 1. The van der Waals surface area contributed by atoms with E-state index in [2.05, 4.69) is 21.6 Å². The van der Waals surface area contributed by atoms with Crippen molar-refractivity contribution in [2.45, 2.75) is 28.7 Å². The summed E-state index contributed by atoms with van der Waals surface area (Å²) in [6.45, 7) is 0. The molecule has 10 heteroatoms. The minimum Gasteiger partial charge on any atom is -0.449 e. The lowest BCUT2D eigenvalue weighted by molar-refractivity contribution is 0.142. The van der Waals surface area contributed by atoms with Gasteiger partial charge in [0.05, 0.1) is 17.4 Å². The molecule has 1 aliphatic carbocycles. The number of hydrogen-bond donors (Lipinski definition) is 2. The standard InChI is InChI=1S/C19H16Cl3NO4S2/c20-11-5-10(6-12(21)7-11)1-2-14-13(15(22)8-16(14)24)3-4-28-18-23-17(9-29-18)27-19(25)26/h5-7,9,13-16,24H,3-4,8H2,(H,25,26)/t13-,14-,15-,16-/m1/s1. The molecule has 1 heterocycles. The van der Waals surface area contributed by atoms with Crippen LogP contribution in [0.5, 0.6) is 5.88 Å². The average molecular weight is 493 g/mol. The SMILES string of the molecule is O=C(O)Oc1csc(SCC[C@@H]2[C@@H](C#Cc3cc(Cl)cc(Cl)c3)[C@H](O)C[C@H]2Cl)n1. The summed E-state index contributed by atoms with van der Waals surface area (Å²) < 4.78 is 5.24. The van der Waals surface area contributed by atoms with E-state index in [4.69, 9.17) is 39.9 Å². The zero-order valence-electron chi connectivity index (χ0n) is 14.8. The quantitative estimate of drug-likeness (QED) is 0.243. The lowest BCUT2D eigenvalue weighted by Gasteiger charge is -2.18. The van der Waals surface area contributed by atoms with Crippen LogP contribution in [0.1, 0.15) is 18.4 Å². The van der Waals surface area contributed by atoms with Crippen LogP contribution in [-0.4, -0.2) is 38.6 Å². The first-order valence-corrected chi connectivity index (χ1v) is 11.7. The summed E-state index contributed by atoms with van der Waals surface area (Å²) in [4.78, 5) is 14.6. The molecule has 154 valence electrons. The molecular formula is C19H16Cl3NO4S2. The number of aromatic nitrogens is 1. The molecule has 29 heavy (non-hydrogen) atoms. The first kappa shape index (κ1) is 22.5. The van der Waals surface area contributed by atoms with Crippen molar-refractivity contribution < 1.29 is 19.7 Å². The Morgan fingerprint density at radius 1 is 1.34 bits per heavy atom. The van der Waals surface area contributed by atoms with Crippen LogP contribution in [0.3, 0.4) is 0 Å². The van der Waals surface area contributed by atoms with Gasteiger partial charge in [-0.05, 0) is 37.0 Å². The predicted molar refractivity (Wildman–Crippen MR) is 117 cm³/mol. The highest BCUT2D eigenvalue weighted by Crippen LogP contribution is 2.39. The van der Waals surface area contributed by atoms with Crippen molar-refractivity contribution in [1.29, 1.82) is 0 Å². The zero-order valence-corrected chi connectivity index (χ0v) is 18.7. The van der Waals surface area contributed by atoms with Crippen LogP contribution in [0, 0.1) is 23.7 Å². The van der Waals surface area contributed by atoms with Gasteiger partial charge >= 0.3 is 6.16 Å². The van der Waals surface area contributed by atoms with E-state index >= 15 is 0 Å². The lowest BCUT2D eigenvalue weighted by Crippen LogP contribution is -2.19. The van der Waals surface area contributed by atoms with Crippen LogP contribution in [0.4, 0.5) is 4.79 Å². The summed E-state index contributed by atoms with van der Waals surface area (Å²) >= 11 is 21.3. The van der Waals surface area contributed by atoms with Gasteiger partial charge in [0.1, 0.15) is 0 Å². The molecule has 4 atom stereocenters. The number of aliphatic hydroxyl groups excluding tert-OH is 1. The van der Waals surface area contributed by atoms with E-state index in [1.54, 1.807) is 23.6 Å². The second kappa shape index (κ2) is 10.3. The van der Waals surface area contributed by atoms with Crippen LogP contribution >= 0.6 is 57.9 Å². The Hall–Kier alpha value is -1.14. The molecule has 0 amide bonds. The number of alkyl halides is 1. The number of halogens is 3. The third-order valence-corrected chi connectivity index (χ3v) is 7.35. The predicted octanol–water partition coefficient (Wildman–Crippen LogP) is 5.65. The molecule has 0 radical (unpaired) electrons. The number of ether oxygens (including phenoxy) is 1. The minimum absolute atomic E-state index is 0.0241. The number of thiazole rings is 1. The van der Waals surface area contributed by atoms with E-state index < -0.39 is 12.3 Å². The van der Waals surface area contributed by atoms with Crippen molar-refractivity contribution in [3.05, 3.63) is 39.2 Å². The number of thioether (sulfide) groups is 1. The van der Waals surface area contributed by atoms with E-state index in [0.717, 1.165) is 6.42 Å². The van der Waals surface area contributed by atoms with E-state index in [9.17, 15) is 9.90 Å². The minimum atomic E-state index is -1.39. The van der Waals surface area contributed by atoms with Gasteiger partial charge in [-0.15, -0.1) is 22.9 Å². The molecule has 0 spiro atoms. The Bertz CT molecular complexity index is 923. The molecule has 0 aliphatic heterocycles. The topological polar surface area (TPSA) is 79.7 Å². The molecular weight excluding hydrogens is 477 g/mol. The number of hydrogen-bond acceptors (Lipinski definition) is 6. The van der Waals surface area contributed by atoms with E-state index in [-0.39, 0.29) is 23.1 Å². The fraction of sp³-hybridized carbons (Fsp3) is 0.368. The maximum absolute atomic E-state index is 10.5. The second-order valence-corrected chi connectivity index (χ2v) is 10.0. The van der Waals surface area contributed by atoms with Crippen molar-refractivity contribution in [1.82, 2.24) is 4.98 Å². The van der Waals surface area contributed by atoms with Crippen LogP contribution in [-0.2, 0) is 0 Å². The van der Waals surface area contributed by atoms with Crippen LogP contribution in [0.15, 0.2) is 27.9 Å². The first-order valence-electron chi connectivity index (χ1n) is 8.60. The second-order valence-electron chi connectivity index (χ2n) is 6.39. The zero-order chi connectivity index (χ0) is 21.0. The number of benzene rings is 1. The van der Waals surface area contributed by atoms with E-state index in [0.29, 0.717) is 32.1 Å². The number of rotatable bonds is 5. The van der Waals surface area contributed by atoms with Crippen LogP contribution in [0.25, 0.3) is 0 Å². The van der Waals surface area contributed by atoms with Gasteiger partial charge < -0.3 is 14.9 Å². The Kier molecular flexibility index (Phi) is 7.97. The molecule has 1 aromatic carbocycles. The molecule has 2 N–H and O–H groups in total. The molecule has 2 aromatic rings. The third-order valence-electron chi connectivity index (χ3n) is 4.38. The van der Waals surface area contributed by atoms with Gasteiger partial charge in [0, 0.05) is 26.7 Å². The largest absolute Gasteiger partial charge is 0.512 e. The molecule has 3 rings (SSSR count). The molecule has 0 unspecified atom stereocenters. The summed E-state index contributed by atoms with van der Waals surface area (Å²) in [5.74, 6) is 6.75. The van der Waals surface area contributed by atoms with Gasteiger partial charge in [0.25, 0.3) is 0 Å². The summed E-state index contributed by atoms with van der Waals surface area (Å²) in [5, 5.41) is 21.4. The summed E-state index contributed by atoms with van der Waals surface area (Å²) in [6, 6.07) is 5.09. The molecule has 0 bridgehead atoms. The van der Waals surface area contributed by atoms with Gasteiger partial charge in [-0.3, -0.25) is 0 Å². The third kappa shape index (κ3) is 6.42. The number of nitrogens with zero attached hydrogens (tertiary/aromatic N) is 1. The Morgan fingerprint density at radius 2 is 2.07 bits per heavy atom. The summed E-state index contributed by atoms with van der Waals surface area (Å²) in [5.41, 5.74) is 0.689. The molecule has 1 saturated carbocycles. The maximum Gasteiger partial charge on any atom is 0.512 e. The first-order chi connectivity index (χ1) is 13.8. The lowest BCUT2D eigenvalue weighted by atomic mass is 9.92. The van der Waals surface area contributed by atoms with Crippen molar-refractivity contribution in [2.24, 2.45) is 11.8 Å². The highest BCUT2D eigenvalue weighted by Gasteiger charge is 2.40. The monoisotopic (exact) mass is 491 g/mol. The Labute approximate surface area is 191 Å². The molecule has 1 aliphatic rings. The summed E-state index contributed by atoms with van der Waals surface area (Å²) in [7, 11) is 0. The van der Waals surface area contributed by atoms with E-state index in [1.807, 2.05) is 0 Å². The average Bonchev–Trinajstić information content (AvgIpc) is 3.16. The Morgan fingerprint density at radius 3 is 2.76 bits per heavy atom. The normalized spacial score (nSPS) is 23.4. The fourth-order valence-electron chi connectivity index (χ4n) is 3.15. The highest BCUT2D eigenvalue weighted by molar-refractivity contribution is 8.01.